The lowest BCUT2D eigenvalue weighted by Gasteiger charge is -2.32. The molecule has 2 fully saturated rings. The van der Waals surface area contributed by atoms with E-state index in [1.165, 1.54) is 13.0 Å². The number of likely N-dealkylation sites (tertiary alicyclic amines) is 1. The van der Waals surface area contributed by atoms with Gasteiger partial charge in [0, 0.05) is 50.5 Å². The van der Waals surface area contributed by atoms with E-state index in [9.17, 15) is 0 Å². The van der Waals surface area contributed by atoms with Crippen LogP contribution in [-0.4, -0.2) is 86.3 Å². The minimum atomic E-state index is 0.219. The van der Waals surface area contributed by atoms with Crippen molar-refractivity contribution in [1.82, 2.24) is 19.8 Å². The maximum Gasteiger partial charge on any atom is 0.225 e. The average molecular weight is 319 g/mol. The van der Waals surface area contributed by atoms with Gasteiger partial charge in [-0.3, -0.25) is 0 Å². The van der Waals surface area contributed by atoms with Crippen LogP contribution in [0, 0.1) is 12.3 Å². The summed E-state index contributed by atoms with van der Waals surface area (Å²) in [5.74, 6) is 0.840. The molecule has 0 radical (unpaired) electrons. The molecule has 23 heavy (non-hydrogen) atoms. The Labute approximate surface area is 139 Å². The molecule has 0 aromatic carbocycles. The van der Waals surface area contributed by atoms with Crippen molar-refractivity contribution in [2.45, 2.75) is 13.3 Å². The second-order valence-corrected chi connectivity index (χ2v) is 7.36. The van der Waals surface area contributed by atoms with Crippen LogP contribution in [0.1, 0.15) is 12.0 Å². The molecule has 0 N–H and O–H groups in total. The largest absolute Gasteiger partial charge is 0.379 e. The van der Waals surface area contributed by atoms with Gasteiger partial charge in [0.25, 0.3) is 0 Å². The number of likely N-dealkylation sites (N-methyl/N-ethyl adjacent to an activating group) is 1. The van der Waals surface area contributed by atoms with E-state index in [0.29, 0.717) is 0 Å². The van der Waals surface area contributed by atoms with Crippen molar-refractivity contribution in [3.05, 3.63) is 18.0 Å². The molecule has 1 aromatic heterocycles. The Morgan fingerprint density at radius 1 is 1.22 bits per heavy atom. The van der Waals surface area contributed by atoms with Crippen LogP contribution in [0.15, 0.2) is 12.4 Å². The molecule has 0 aliphatic carbocycles. The van der Waals surface area contributed by atoms with Gasteiger partial charge in [-0.05, 0) is 39.5 Å². The fourth-order valence-corrected chi connectivity index (χ4v) is 3.52. The SMILES string of the molecule is Cc1cnc(N2CCOC[C@@]3(CCN(CCN(C)C)C3)C2)nc1. The highest BCUT2D eigenvalue weighted by molar-refractivity contribution is 5.31. The first-order chi connectivity index (χ1) is 11.1. The summed E-state index contributed by atoms with van der Waals surface area (Å²) in [4.78, 5) is 16.2. The summed E-state index contributed by atoms with van der Waals surface area (Å²) in [5, 5.41) is 0. The van der Waals surface area contributed by atoms with E-state index < -0.39 is 0 Å². The second kappa shape index (κ2) is 7.11. The summed E-state index contributed by atoms with van der Waals surface area (Å²) in [6.45, 7) is 10.0. The molecule has 3 heterocycles. The number of ether oxygens (including phenoxy) is 1. The molecule has 2 aliphatic rings. The number of rotatable bonds is 4. The van der Waals surface area contributed by atoms with Gasteiger partial charge in [-0.2, -0.15) is 0 Å². The summed E-state index contributed by atoms with van der Waals surface area (Å²) >= 11 is 0. The highest BCUT2D eigenvalue weighted by Gasteiger charge is 2.41. The normalized spacial score (nSPS) is 26.2. The molecule has 0 amide bonds. The summed E-state index contributed by atoms with van der Waals surface area (Å²) in [7, 11) is 4.27. The third-order valence-electron chi connectivity index (χ3n) is 4.87. The van der Waals surface area contributed by atoms with Crippen LogP contribution < -0.4 is 4.90 Å². The molecule has 0 bridgehead atoms. The standard InChI is InChI=1S/C17H29N5O/c1-15-10-18-16(19-11-15)22-8-9-23-14-17(13-22)4-5-21(12-17)7-6-20(2)3/h10-11H,4-9,12-14H2,1-3H3/t17-/m1/s1. The smallest absolute Gasteiger partial charge is 0.225 e. The molecule has 6 nitrogen and oxygen atoms in total. The maximum absolute atomic E-state index is 5.95. The lowest BCUT2D eigenvalue weighted by molar-refractivity contribution is 0.0730. The van der Waals surface area contributed by atoms with E-state index in [0.717, 1.165) is 57.4 Å². The molecule has 2 saturated heterocycles. The van der Waals surface area contributed by atoms with Crippen molar-refractivity contribution in [1.29, 1.82) is 0 Å². The van der Waals surface area contributed by atoms with E-state index >= 15 is 0 Å². The fourth-order valence-electron chi connectivity index (χ4n) is 3.52. The van der Waals surface area contributed by atoms with Gasteiger partial charge < -0.3 is 19.4 Å². The maximum atomic E-state index is 5.95. The minimum absolute atomic E-state index is 0.219. The number of aromatic nitrogens is 2. The molecule has 0 saturated carbocycles. The molecule has 1 aromatic rings. The molecule has 1 atom stereocenters. The lowest BCUT2D eigenvalue weighted by Crippen LogP contribution is -2.42. The lowest BCUT2D eigenvalue weighted by atomic mass is 9.87. The summed E-state index contributed by atoms with van der Waals surface area (Å²) in [6, 6.07) is 0. The molecule has 6 heteroatoms. The van der Waals surface area contributed by atoms with Crippen molar-refractivity contribution in [3.8, 4) is 0 Å². The summed E-state index contributed by atoms with van der Waals surface area (Å²) in [5.41, 5.74) is 1.32. The van der Waals surface area contributed by atoms with E-state index in [2.05, 4.69) is 38.8 Å². The van der Waals surface area contributed by atoms with E-state index in [-0.39, 0.29) is 5.41 Å². The van der Waals surface area contributed by atoms with E-state index in [1.54, 1.807) is 0 Å². The third kappa shape index (κ3) is 4.19. The topological polar surface area (TPSA) is 44.7 Å². The van der Waals surface area contributed by atoms with Gasteiger partial charge in [-0.15, -0.1) is 0 Å². The molecule has 128 valence electrons. The summed E-state index contributed by atoms with van der Waals surface area (Å²) in [6.07, 6.45) is 5.00. The van der Waals surface area contributed by atoms with Gasteiger partial charge in [-0.1, -0.05) is 0 Å². The molecule has 3 rings (SSSR count). The highest BCUT2D eigenvalue weighted by atomic mass is 16.5. The zero-order valence-corrected chi connectivity index (χ0v) is 14.7. The first-order valence-electron chi connectivity index (χ1n) is 8.55. The van der Waals surface area contributed by atoms with Gasteiger partial charge in [0.1, 0.15) is 0 Å². The van der Waals surface area contributed by atoms with Crippen molar-refractivity contribution in [2.24, 2.45) is 5.41 Å². The zero-order chi connectivity index (χ0) is 16.3. The number of anilines is 1. The monoisotopic (exact) mass is 319 g/mol. The van der Waals surface area contributed by atoms with Gasteiger partial charge in [0.2, 0.25) is 5.95 Å². The summed E-state index contributed by atoms with van der Waals surface area (Å²) < 4.78 is 5.95. The Bertz CT molecular complexity index is 506. The van der Waals surface area contributed by atoms with Crippen LogP contribution in [0.5, 0.6) is 0 Å². The first-order valence-corrected chi connectivity index (χ1v) is 8.55. The van der Waals surface area contributed by atoms with Crippen molar-refractivity contribution >= 4 is 5.95 Å². The zero-order valence-electron chi connectivity index (χ0n) is 14.7. The van der Waals surface area contributed by atoms with Crippen molar-refractivity contribution in [2.75, 3.05) is 71.5 Å². The van der Waals surface area contributed by atoms with Crippen molar-refractivity contribution < 1.29 is 4.74 Å². The van der Waals surface area contributed by atoms with Crippen LogP contribution in [0.25, 0.3) is 0 Å². The molecular formula is C17H29N5O. The minimum Gasteiger partial charge on any atom is -0.379 e. The van der Waals surface area contributed by atoms with Crippen LogP contribution in [0.4, 0.5) is 5.95 Å². The second-order valence-electron chi connectivity index (χ2n) is 7.36. The average Bonchev–Trinajstić information content (AvgIpc) is 2.80. The Morgan fingerprint density at radius 2 is 2.00 bits per heavy atom. The Balaban J connectivity index is 1.66. The van der Waals surface area contributed by atoms with Gasteiger partial charge in [-0.25, -0.2) is 9.97 Å². The number of aryl methyl sites for hydroxylation is 1. The Morgan fingerprint density at radius 3 is 2.74 bits per heavy atom. The van der Waals surface area contributed by atoms with Crippen LogP contribution in [0.2, 0.25) is 0 Å². The van der Waals surface area contributed by atoms with Gasteiger partial charge in [0.15, 0.2) is 0 Å². The van der Waals surface area contributed by atoms with Crippen LogP contribution in [-0.2, 0) is 4.74 Å². The van der Waals surface area contributed by atoms with Crippen molar-refractivity contribution in [3.63, 3.8) is 0 Å². The predicted octanol–water partition coefficient (Wildman–Crippen LogP) is 0.875. The third-order valence-corrected chi connectivity index (χ3v) is 4.87. The predicted molar refractivity (Wildman–Crippen MR) is 91.8 cm³/mol. The highest BCUT2D eigenvalue weighted by Crippen LogP contribution is 2.34. The van der Waals surface area contributed by atoms with Gasteiger partial charge in [0.05, 0.1) is 13.2 Å². The van der Waals surface area contributed by atoms with Crippen LogP contribution >= 0.6 is 0 Å². The number of hydrogen-bond donors (Lipinski definition) is 0. The first kappa shape index (κ1) is 16.6. The number of nitrogens with zero attached hydrogens (tertiary/aromatic N) is 5. The molecule has 1 spiro atoms. The molecular weight excluding hydrogens is 290 g/mol. The quantitative estimate of drug-likeness (QED) is 0.821. The van der Waals surface area contributed by atoms with E-state index in [4.69, 9.17) is 4.74 Å². The molecule has 0 unspecified atom stereocenters. The fraction of sp³-hybridized carbons (Fsp3) is 0.765. The number of hydrogen-bond acceptors (Lipinski definition) is 6. The Kier molecular flexibility index (Phi) is 5.14. The van der Waals surface area contributed by atoms with Gasteiger partial charge >= 0.3 is 0 Å². The molecule has 2 aliphatic heterocycles. The van der Waals surface area contributed by atoms with E-state index in [1.807, 2.05) is 19.3 Å². The van der Waals surface area contributed by atoms with Crippen LogP contribution in [0.3, 0.4) is 0 Å². The Hall–Kier alpha value is -1.24.